The van der Waals surface area contributed by atoms with E-state index in [4.69, 9.17) is 16.1 Å². The summed E-state index contributed by atoms with van der Waals surface area (Å²) >= 11 is 6.04. The number of halogens is 2. The molecule has 0 aliphatic heterocycles. The first-order valence-electron chi connectivity index (χ1n) is 9.97. The van der Waals surface area contributed by atoms with Crippen LogP contribution in [0.25, 0.3) is 11.4 Å². The monoisotopic (exact) mass is 557 g/mol. The zero-order valence-electron chi connectivity index (χ0n) is 18.5. The normalized spacial score (nSPS) is 11.5. The standard InChI is InChI=1S/C21H28ClN7O.HI/c1-6-23-21(28(4)12-16-13-29(5)26-19(16)14(2)3)24-11-18-25-20(27-30-18)15-8-7-9-17(22)10-15;/h7-10,13-14H,6,11-12H2,1-5H3,(H,23,24);1H. The van der Waals surface area contributed by atoms with Crippen LogP contribution in [-0.2, 0) is 20.1 Å². The van der Waals surface area contributed by atoms with Crippen LogP contribution >= 0.6 is 35.6 Å². The van der Waals surface area contributed by atoms with Crippen molar-refractivity contribution in [1.82, 2.24) is 30.1 Å². The van der Waals surface area contributed by atoms with Crippen molar-refractivity contribution in [1.29, 1.82) is 0 Å². The van der Waals surface area contributed by atoms with Crippen LogP contribution in [0.4, 0.5) is 0 Å². The molecule has 2 heterocycles. The first-order valence-corrected chi connectivity index (χ1v) is 10.4. The van der Waals surface area contributed by atoms with Crippen molar-refractivity contribution in [3.8, 4) is 11.4 Å². The lowest BCUT2D eigenvalue weighted by Gasteiger charge is -2.22. The Morgan fingerprint density at radius 1 is 1.35 bits per heavy atom. The van der Waals surface area contributed by atoms with Crippen molar-refractivity contribution in [3.63, 3.8) is 0 Å². The van der Waals surface area contributed by atoms with Crippen LogP contribution in [-0.4, -0.2) is 44.4 Å². The molecule has 3 rings (SSSR count). The van der Waals surface area contributed by atoms with Gasteiger partial charge in [-0.1, -0.05) is 42.7 Å². The molecule has 0 radical (unpaired) electrons. The predicted octanol–water partition coefficient (Wildman–Crippen LogP) is 4.46. The molecule has 0 spiro atoms. The van der Waals surface area contributed by atoms with Gasteiger partial charge in [-0.15, -0.1) is 24.0 Å². The fraction of sp³-hybridized carbons (Fsp3) is 0.429. The van der Waals surface area contributed by atoms with Crippen molar-refractivity contribution < 1.29 is 4.52 Å². The Bertz CT molecular complexity index is 1010. The van der Waals surface area contributed by atoms with Crippen molar-refractivity contribution in [2.24, 2.45) is 12.0 Å². The SMILES string of the molecule is CCNC(=NCc1nc(-c2cccc(Cl)c2)no1)N(C)Cc1cn(C)nc1C(C)C.I. The number of nitrogens with zero attached hydrogens (tertiary/aromatic N) is 6. The number of hydrogen-bond donors (Lipinski definition) is 1. The van der Waals surface area contributed by atoms with Gasteiger partial charge in [-0.25, -0.2) is 4.99 Å². The van der Waals surface area contributed by atoms with E-state index in [2.05, 4.69) is 50.5 Å². The summed E-state index contributed by atoms with van der Waals surface area (Å²) < 4.78 is 7.23. The Labute approximate surface area is 205 Å². The highest BCUT2D eigenvalue weighted by atomic mass is 127. The average molecular weight is 558 g/mol. The molecule has 168 valence electrons. The number of aliphatic imine (C=N–C) groups is 1. The second-order valence-corrected chi connectivity index (χ2v) is 7.85. The highest BCUT2D eigenvalue weighted by molar-refractivity contribution is 14.0. The van der Waals surface area contributed by atoms with Gasteiger partial charge in [-0.05, 0) is 25.0 Å². The Morgan fingerprint density at radius 3 is 2.81 bits per heavy atom. The number of aryl methyl sites for hydroxylation is 1. The van der Waals surface area contributed by atoms with Crippen LogP contribution in [0.5, 0.6) is 0 Å². The molecule has 0 amide bonds. The molecule has 1 aromatic carbocycles. The van der Waals surface area contributed by atoms with Crippen molar-refractivity contribution >= 4 is 41.5 Å². The molecule has 0 bridgehead atoms. The molecular formula is C21H29ClIN7O. The van der Waals surface area contributed by atoms with E-state index in [0.29, 0.717) is 29.2 Å². The molecular weight excluding hydrogens is 529 g/mol. The third-order valence-corrected chi connectivity index (χ3v) is 4.74. The number of aromatic nitrogens is 4. The lowest BCUT2D eigenvalue weighted by atomic mass is 10.1. The Balaban J connectivity index is 0.00000341. The number of benzene rings is 1. The molecule has 0 fully saturated rings. The fourth-order valence-corrected chi connectivity index (χ4v) is 3.36. The molecule has 0 saturated heterocycles. The van der Waals surface area contributed by atoms with Crippen molar-refractivity contribution in [2.75, 3.05) is 13.6 Å². The number of rotatable bonds is 7. The van der Waals surface area contributed by atoms with Gasteiger partial charge in [-0.2, -0.15) is 10.1 Å². The largest absolute Gasteiger partial charge is 0.357 e. The van der Waals surface area contributed by atoms with Crippen LogP contribution in [0.15, 0.2) is 40.0 Å². The quantitative estimate of drug-likeness (QED) is 0.262. The van der Waals surface area contributed by atoms with E-state index in [1.54, 1.807) is 6.07 Å². The smallest absolute Gasteiger partial charge is 0.248 e. The second-order valence-electron chi connectivity index (χ2n) is 7.42. The maximum atomic E-state index is 6.04. The summed E-state index contributed by atoms with van der Waals surface area (Å²) in [7, 11) is 3.95. The summed E-state index contributed by atoms with van der Waals surface area (Å²) in [4.78, 5) is 11.2. The van der Waals surface area contributed by atoms with E-state index >= 15 is 0 Å². The molecule has 10 heteroatoms. The molecule has 8 nitrogen and oxygen atoms in total. The van der Waals surface area contributed by atoms with Crippen LogP contribution in [0.1, 0.15) is 43.8 Å². The third-order valence-electron chi connectivity index (χ3n) is 4.50. The van der Waals surface area contributed by atoms with Gasteiger partial charge in [0.2, 0.25) is 11.7 Å². The Morgan fingerprint density at radius 2 is 2.13 bits per heavy atom. The van der Waals surface area contributed by atoms with Crippen molar-refractivity contribution in [2.45, 2.75) is 39.8 Å². The molecule has 2 aromatic heterocycles. The molecule has 1 N–H and O–H groups in total. The summed E-state index contributed by atoms with van der Waals surface area (Å²) in [6.07, 6.45) is 2.06. The van der Waals surface area contributed by atoms with Crippen LogP contribution in [0.3, 0.4) is 0 Å². The maximum Gasteiger partial charge on any atom is 0.248 e. The topological polar surface area (TPSA) is 84.4 Å². The van der Waals surface area contributed by atoms with Gasteiger partial charge in [0.15, 0.2) is 5.96 Å². The highest BCUT2D eigenvalue weighted by Crippen LogP contribution is 2.21. The van der Waals surface area contributed by atoms with E-state index in [-0.39, 0.29) is 30.5 Å². The van der Waals surface area contributed by atoms with Gasteiger partial charge in [0.05, 0.1) is 5.69 Å². The van der Waals surface area contributed by atoms with Gasteiger partial charge in [0.1, 0.15) is 6.54 Å². The van der Waals surface area contributed by atoms with Gasteiger partial charge in [0.25, 0.3) is 0 Å². The lowest BCUT2D eigenvalue weighted by Crippen LogP contribution is -2.38. The minimum Gasteiger partial charge on any atom is -0.357 e. The van der Waals surface area contributed by atoms with E-state index in [1.165, 1.54) is 5.56 Å². The number of guanidine groups is 1. The third kappa shape index (κ3) is 6.67. The summed E-state index contributed by atoms with van der Waals surface area (Å²) in [6.45, 7) is 8.08. The Hall–Kier alpha value is -2.14. The van der Waals surface area contributed by atoms with Gasteiger partial charge in [0, 0.05) is 49.5 Å². The average Bonchev–Trinajstić information content (AvgIpc) is 3.31. The maximum absolute atomic E-state index is 6.04. The van der Waals surface area contributed by atoms with Crippen LogP contribution in [0.2, 0.25) is 5.02 Å². The first-order chi connectivity index (χ1) is 14.4. The molecule has 0 saturated carbocycles. The molecule has 0 aliphatic carbocycles. The summed E-state index contributed by atoms with van der Waals surface area (Å²) in [5.41, 5.74) is 3.09. The van der Waals surface area contributed by atoms with Crippen molar-refractivity contribution in [3.05, 3.63) is 52.6 Å². The first kappa shape index (κ1) is 25.1. The second kappa shape index (κ2) is 11.5. The van der Waals surface area contributed by atoms with E-state index in [9.17, 15) is 0 Å². The zero-order valence-corrected chi connectivity index (χ0v) is 21.5. The predicted molar refractivity (Wildman–Crippen MR) is 134 cm³/mol. The van der Waals surface area contributed by atoms with Gasteiger partial charge in [-0.3, -0.25) is 4.68 Å². The molecule has 31 heavy (non-hydrogen) atoms. The van der Waals surface area contributed by atoms with Crippen LogP contribution < -0.4 is 5.32 Å². The molecule has 0 aliphatic rings. The van der Waals surface area contributed by atoms with Gasteiger partial charge >= 0.3 is 0 Å². The molecule has 0 unspecified atom stereocenters. The van der Waals surface area contributed by atoms with Gasteiger partial charge < -0.3 is 14.7 Å². The highest BCUT2D eigenvalue weighted by Gasteiger charge is 2.16. The molecule has 0 atom stereocenters. The summed E-state index contributed by atoms with van der Waals surface area (Å²) in [5, 5.41) is 12.6. The number of nitrogens with one attached hydrogen (secondary N) is 1. The minimum atomic E-state index is 0. The lowest BCUT2D eigenvalue weighted by molar-refractivity contribution is 0.379. The minimum absolute atomic E-state index is 0. The van der Waals surface area contributed by atoms with E-state index in [0.717, 1.165) is 23.8 Å². The molecule has 3 aromatic rings. The number of hydrogen-bond acceptors (Lipinski definition) is 5. The fourth-order valence-electron chi connectivity index (χ4n) is 3.17. The summed E-state index contributed by atoms with van der Waals surface area (Å²) in [6, 6.07) is 7.36. The van der Waals surface area contributed by atoms with Crippen LogP contribution in [0, 0.1) is 0 Å². The summed E-state index contributed by atoms with van der Waals surface area (Å²) in [5.74, 6) is 2.06. The van der Waals surface area contributed by atoms with E-state index < -0.39 is 0 Å². The zero-order chi connectivity index (χ0) is 21.7. The van der Waals surface area contributed by atoms with E-state index in [1.807, 2.05) is 43.9 Å². The Kier molecular flexibility index (Phi) is 9.30.